The van der Waals surface area contributed by atoms with Crippen LogP contribution in [0.2, 0.25) is 5.02 Å². The maximum absolute atomic E-state index is 8.89. The number of hydrogen-bond donors (Lipinski definition) is 1. The van der Waals surface area contributed by atoms with Gasteiger partial charge in [0.2, 0.25) is 0 Å². The summed E-state index contributed by atoms with van der Waals surface area (Å²) in [6.07, 6.45) is 2.88. The zero-order valence-electron chi connectivity index (χ0n) is 8.68. The van der Waals surface area contributed by atoms with Crippen LogP contribution in [-0.2, 0) is 0 Å². The molecule has 0 radical (unpaired) electrons. The predicted molar refractivity (Wildman–Crippen MR) is 64.1 cm³/mol. The highest BCUT2D eigenvalue weighted by Crippen LogP contribution is 2.14. The molecule has 2 aromatic rings. The van der Waals surface area contributed by atoms with Crippen LogP contribution in [0.4, 0.5) is 0 Å². The topological polar surface area (TPSA) is 73.4 Å². The molecular weight excluding hydrogens is 236 g/mol. The summed E-state index contributed by atoms with van der Waals surface area (Å²) in [6, 6.07) is 8.77. The van der Waals surface area contributed by atoms with Crippen LogP contribution in [0.5, 0.6) is 0 Å². The molecule has 0 saturated heterocycles. The third-order valence-corrected chi connectivity index (χ3v) is 2.39. The molecule has 0 fully saturated rings. The summed E-state index contributed by atoms with van der Waals surface area (Å²) in [6.45, 7) is 0. The molecule has 17 heavy (non-hydrogen) atoms. The molecule has 1 aromatic heterocycles. The van der Waals surface area contributed by atoms with Crippen molar-refractivity contribution in [1.82, 2.24) is 9.97 Å². The molecule has 0 aliphatic heterocycles. The van der Waals surface area contributed by atoms with E-state index in [0.717, 1.165) is 0 Å². The van der Waals surface area contributed by atoms with Gasteiger partial charge in [-0.3, -0.25) is 5.41 Å². The van der Waals surface area contributed by atoms with Gasteiger partial charge in [0.15, 0.2) is 5.69 Å². The molecule has 2 rings (SSSR count). The van der Waals surface area contributed by atoms with E-state index in [-0.39, 0.29) is 17.1 Å². The first-order valence-electron chi connectivity index (χ1n) is 4.78. The van der Waals surface area contributed by atoms with Crippen molar-refractivity contribution in [2.75, 3.05) is 0 Å². The van der Waals surface area contributed by atoms with Crippen LogP contribution >= 0.6 is 11.6 Å². The normalized spacial score (nSPS) is 9.65. The van der Waals surface area contributed by atoms with Crippen molar-refractivity contribution in [3.05, 3.63) is 58.6 Å². The molecule has 0 bridgehead atoms. The SMILES string of the molecule is N#Cc1nccnc1C(=N)c1cccc(Cl)c1. The fourth-order valence-electron chi connectivity index (χ4n) is 1.38. The first kappa shape index (κ1) is 11.2. The molecule has 0 amide bonds. The Hall–Kier alpha value is -2.25. The fourth-order valence-corrected chi connectivity index (χ4v) is 1.57. The molecule has 5 heteroatoms. The van der Waals surface area contributed by atoms with Crippen LogP contribution in [0.15, 0.2) is 36.7 Å². The molecule has 0 saturated carbocycles. The van der Waals surface area contributed by atoms with E-state index in [1.165, 1.54) is 12.4 Å². The smallest absolute Gasteiger partial charge is 0.168 e. The highest BCUT2D eigenvalue weighted by Gasteiger charge is 2.12. The molecule has 0 spiro atoms. The van der Waals surface area contributed by atoms with E-state index in [2.05, 4.69) is 9.97 Å². The van der Waals surface area contributed by atoms with Crippen molar-refractivity contribution in [2.45, 2.75) is 0 Å². The van der Waals surface area contributed by atoms with E-state index in [0.29, 0.717) is 10.6 Å². The van der Waals surface area contributed by atoms with Gasteiger partial charge >= 0.3 is 0 Å². The highest BCUT2D eigenvalue weighted by molar-refractivity contribution is 6.31. The van der Waals surface area contributed by atoms with Crippen LogP contribution in [0.3, 0.4) is 0 Å². The minimum atomic E-state index is 0.136. The average molecular weight is 243 g/mol. The summed E-state index contributed by atoms with van der Waals surface area (Å²) in [5.74, 6) is 0. The Bertz CT molecular complexity index is 616. The van der Waals surface area contributed by atoms with E-state index in [9.17, 15) is 0 Å². The molecule has 0 atom stereocenters. The fraction of sp³-hybridized carbons (Fsp3) is 0. The van der Waals surface area contributed by atoms with Crippen LogP contribution in [0.25, 0.3) is 0 Å². The first-order valence-corrected chi connectivity index (χ1v) is 5.16. The Morgan fingerprint density at radius 2 is 2.06 bits per heavy atom. The van der Waals surface area contributed by atoms with Crippen molar-refractivity contribution in [3.63, 3.8) is 0 Å². The Labute approximate surface area is 103 Å². The van der Waals surface area contributed by atoms with E-state index >= 15 is 0 Å². The van der Waals surface area contributed by atoms with Gasteiger partial charge in [-0.15, -0.1) is 0 Å². The van der Waals surface area contributed by atoms with Gasteiger partial charge in [0.05, 0.1) is 5.71 Å². The second-order valence-electron chi connectivity index (χ2n) is 3.25. The number of nitriles is 1. The summed E-state index contributed by atoms with van der Waals surface area (Å²) in [4.78, 5) is 7.87. The lowest BCUT2D eigenvalue weighted by Crippen LogP contribution is -2.08. The third-order valence-electron chi connectivity index (χ3n) is 2.15. The molecule has 1 aromatic carbocycles. The monoisotopic (exact) mass is 242 g/mol. The lowest BCUT2D eigenvalue weighted by molar-refractivity contribution is 1.13. The minimum absolute atomic E-state index is 0.136. The lowest BCUT2D eigenvalue weighted by atomic mass is 10.1. The van der Waals surface area contributed by atoms with Gasteiger partial charge in [0.1, 0.15) is 11.8 Å². The summed E-state index contributed by atoms with van der Waals surface area (Å²) in [7, 11) is 0. The van der Waals surface area contributed by atoms with Gasteiger partial charge < -0.3 is 0 Å². The largest absolute Gasteiger partial charge is 0.298 e. The zero-order chi connectivity index (χ0) is 12.3. The molecule has 0 aliphatic carbocycles. The number of nitrogens with one attached hydrogen (secondary N) is 1. The van der Waals surface area contributed by atoms with Crippen molar-refractivity contribution in [3.8, 4) is 6.07 Å². The third kappa shape index (κ3) is 2.30. The predicted octanol–water partition coefficient (Wildman–Crippen LogP) is 2.42. The average Bonchev–Trinajstić information content (AvgIpc) is 2.38. The minimum Gasteiger partial charge on any atom is -0.298 e. The summed E-state index contributed by atoms with van der Waals surface area (Å²) in [5, 5.41) is 17.4. The summed E-state index contributed by atoms with van der Waals surface area (Å²) in [5.41, 5.74) is 1.14. The number of hydrogen-bond acceptors (Lipinski definition) is 4. The number of benzene rings is 1. The zero-order valence-corrected chi connectivity index (χ0v) is 9.44. The van der Waals surface area contributed by atoms with E-state index in [1.807, 2.05) is 6.07 Å². The second kappa shape index (κ2) is 4.73. The number of nitrogens with zero attached hydrogens (tertiary/aromatic N) is 3. The number of aromatic nitrogens is 2. The Morgan fingerprint density at radius 1 is 1.29 bits per heavy atom. The second-order valence-corrected chi connectivity index (χ2v) is 3.69. The highest BCUT2D eigenvalue weighted by atomic mass is 35.5. The van der Waals surface area contributed by atoms with Crippen molar-refractivity contribution >= 4 is 17.3 Å². The van der Waals surface area contributed by atoms with E-state index in [1.54, 1.807) is 24.3 Å². The molecule has 0 unspecified atom stereocenters. The van der Waals surface area contributed by atoms with Gasteiger partial charge in [0, 0.05) is 23.0 Å². The number of rotatable bonds is 2. The van der Waals surface area contributed by atoms with Gasteiger partial charge in [0.25, 0.3) is 0 Å². The standard InChI is InChI=1S/C12H7ClN4/c13-9-3-1-2-8(6-9)11(15)12-10(7-14)16-4-5-17-12/h1-6,15H. The van der Waals surface area contributed by atoms with Crippen molar-refractivity contribution in [2.24, 2.45) is 0 Å². The van der Waals surface area contributed by atoms with Gasteiger partial charge in [-0.1, -0.05) is 23.7 Å². The Balaban J connectivity index is 2.48. The van der Waals surface area contributed by atoms with Crippen LogP contribution in [0.1, 0.15) is 17.0 Å². The van der Waals surface area contributed by atoms with Crippen LogP contribution in [0, 0.1) is 16.7 Å². The number of halogens is 1. The van der Waals surface area contributed by atoms with E-state index in [4.69, 9.17) is 22.3 Å². The molecule has 1 N–H and O–H groups in total. The Morgan fingerprint density at radius 3 is 2.76 bits per heavy atom. The Kier molecular flexibility index (Phi) is 3.12. The van der Waals surface area contributed by atoms with Crippen molar-refractivity contribution < 1.29 is 0 Å². The molecule has 0 aliphatic rings. The van der Waals surface area contributed by atoms with Crippen LogP contribution in [-0.4, -0.2) is 15.7 Å². The maximum Gasteiger partial charge on any atom is 0.168 e. The molecule has 1 heterocycles. The van der Waals surface area contributed by atoms with Gasteiger partial charge in [-0.25, -0.2) is 9.97 Å². The van der Waals surface area contributed by atoms with E-state index < -0.39 is 0 Å². The summed E-state index contributed by atoms with van der Waals surface area (Å²) >= 11 is 5.85. The summed E-state index contributed by atoms with van der Waals surface area (Å²) < 4.78 is 0. The first-order chi connectivity index (χ1) is 8.22. The van der Waals surface area contributed by atoms with Gasteiger partial charge in [-0.2, -0.15) is 5.26 Å². The van der Waals surface area contributed by atoms with Crippen LogP contribution < -0.4 is 0 Å². The maximum atomic E-state index is 8.89. The van der Waals surface area contributed by atoms with Gasteiger partial charge in [-0.05, 0) is 12.1 Å². The molecule has 82 valence electrons. The molecule has 4 nitrogen and oxygen atoms in total. The lowest BCUT2D eigenvalue weighted by Gasteiger charge is -2.04. The molecular formula is C12H7ClN4. The van der Waals surface area contributed by atoms with Crippen molar-refractivity contribution in [1.29, 1.82) is 10.7 Å². The quantitative estimate of drug-likeness (QED) is 0.822.